The molecule has 0 saturated heterocycles. The molecular formula is C15H23NO4. The number of ether oxygens (including phenoxy) is 3. The van der Waals surface area contributed by atoms with Crippen LogP contribution >= 0.6 is 0 Å². The van der Waals surface area contributed by atoms with Gasteiger partial charge in [-0.1, -0.05) is 0 Å². The van der Waals surface area contributed by atoms with E-state index >= 15 is 0 Å². The fourth-order valence-electron chi connectivity index (χ4n) is 1.48. The third-order valence-electron chi connectivity index (χ3n) is 3.05. The number of methoxy groups -OCH3 is 2. The summed E-state index contributed by atoms with van der Waals surface area (Å²) in [6.45, 7) is 4.85. The third kappa shape index (κ3) is 5.93. The van der Waals surface area contributed by atoms with E-state index in [4.69, 9.17) is 9.47 Å². The zero-order chi connectivity index (χ0) is 15.0. The van der Waals surface area contributed by atoms with E-state index in [0.717, 1.165) is 18.7 Å². The predicted molar refractivity (Wildman–Crippen MR) is 78.1 cm³/mol. The van der Waals surface area contributed by atoms with Crippen molar-refractivity contribution in [3.63, 3.8) is 0 Å². The highest BCUT2D eigenvalue weighted by molar-refractivity contribution is 5.70. The normalized spacial score (nSPS) is 11.0. The van der Waals surface area contributed by atoms with E-state index in [9.17, 15) is 4.79 Å². The second-order valence-corrected chi connectivity index (χ2v) is 5.03. The van der Waals surface area contributed by atoms with E-state index in [-0.39, 0.29) is 12.2 Å². The maximum Gasteiger partial charge on any atom is 0.343 e. The van der Waals surface area contributed by atoms with Crippen LogP contribution in [-0.4, -0.2) is 38.9 Å². The highest BCUT2D eigenvalue weighted by atomic mass is 16.6. The minimum Gasteiger partial charge on any atom is -0.482 e. The fraction of sp³-hybridized carbons (Fsp3) is 0.533. The summed E-state index contributed by atoms with van der Waals surface area (Å²) in [5, 5.41) is 3.31. The van der Waals surface area contributed by atoms with Gasteiger partial charge >= 0.3 is 5.97 Å². The lowest BCUT2D eigenvalue weighted by Crippen LogP contribution is -2.25. The van der Waals surface area contributed by atoms with Crippen LogP contribution in [0.25, 0.3) is 0 Å². The summed E-state index contributed by atoms with van der Waals surface area (Å²) in [7, 11) is 3.05. The zero-order valence-corrected chi connectivity index (χ0v) is 12.6. The lowest BCUT2D eigenvalue weighted by molar-refractivity contribution is -0.142. The first-order valence-corrected chi connectivity index (χ1v) is 6.55. The molecular weight excluding hydrogens is 258 g/mol. The number of carbonyl (C=O) groups excluding carboxylic acids is 1. The molecule has 0 atom stereocenters. The van der Waals surface area contributed by atoms with E-state index in [0.29, 0.717) is 5.75 Å². The highest BCUT2D eigenvalue weighted by Crippen LogP contribution is 2.17. The quantitative estimate of drug-likeness (QED) is 0.742. The summed E-state index contributed by atoms with van der Waals surface area (Å²) in [6, 6.07) is 7.44. The van der Waals surface area contributed by atoms with Gasteiger partial charge in [0, 0.05) is 19.3 Å². The Kier molecular flexibility index (Phi) is 6.31. The van der Waals surface area contributed by atoms with Crippen molar-refractivity contribution in [2.45, 2.75) is 25.9 Å². The molecule has 0 fully saturated rings. The molecule has 5 nitrogen and oxygen atoms in total. The molecule has 0 aliphatic rings. The molecule has 0 aliphatic carbocycles. The van der Waals surface area contributed by atoms with Gasteiger partial charge in [0.25, 0.3) is 0 Å². The van der Waals surface area contributed by atoms with Crippen LogP contribution in [0.1, 0.15) is 20.3 Å². The maximum absolute atomic E-state index is 10.9. The van der Waals surface area contributed by atoms with Crippen molar-refractivity contribution in [1.82, 2.24) is 0 Å². The van der Waals surface area contributed by atoms with Gasteiger partial charge in [0.05, 0.1) is 12.7 Å². The van der Waals surface area contributed by atoms with Crippen molar-refractivity contribution < 1.29 is 19.0 Å². The van der Waals surface area contributed by atoms with Crippen LogP contribution in [0.5, 0.6) is 5.75 Å². The van der Waals surface area contributed by atoms with Crippen LogP contribution in [0.4, 0.5) is 5.69 Å². The average molecular weight is 281 g/mol. The van der Waals surface area contributed by atoms with Gasteiger partial charge in [-0.15, -0.1) is 0 Å². The lowest BCUT2D eigenvalue weighted by atomic mass is 10.1. The summed E-state index contributed by atoms with van der Waals surface area (Å²) in [4.78, 5) is 10.9. The predicted octanol–water partition coefficient (Wildman–Crippen LogP) is 2.47. The molecule has 5 heteroatoms. The number of nitrogens with one attached hydrogen (secondary N) is 1. The highest BCUT2D eigenvalue weighted by Gasteiger charge is 2.15. The number of esters is 1. The van der Waals surface area contributed by atoms with Gasteiger partial charge in [0.2, 0.25) is 0 Å². The van der Waals surface area contributed by atoms with E-state index in [2.05, 4.69) is 23.9 Å². The van der Waals surface area contributed by atoms with Crippen LogP contribution in [0.3, 0.4) is 0 Å². The first kappa shape index (κ1) is 16.3. The van der Waals surface area contributed by atoms with E-state index < -0.39 is 5.97 Å². The van der Waals surface area contributed by atoms with E-state index in [1.54, 1.807) is 7.11 Å². The Morgan fingerprint density at radius 2 is 1.85 bits per heavy atom. The fourth-order valence-corrected chi connectivity index (χ4v) is 1.48. The standard InChI is InChI=1S/C15H23NO4/c1-15(2,19-4)9-10-16-12-5-7-13(8-6-12)20-11-14(17)18-3/h5-8,16H,9-11H2,1-4H3. The van der Waals surface area contributed by atoms with Crippen molar-refractivity contribution in [3.05, 3.63) is 24.3 Å². The largest absolute Gasteiger partial charge is 0.482 e. The monoisotopic (exact) mass is 281 g/mol. The Labute approximate surface area is 120 Å². The van der Waals surface area contributed by atoms with Crippen molar-refractivity contribution in [1.29, 1.82) is 0 Å². The second kappa shape index (κ2) is 7.75. The van der Waals surface area contributed by atoms with Gasteiger partial charge in [-0.2, -0.15) is 0 Å². The van der Waals surface area contributed by atoms with Crippen LogP contribution in [0.2, 0.25) is 0 Å². The molecule has 0 spiro atoms. The topological polar surface area (TPSA) is 56.8 Å². The second-order valence-electron chi connectivity index (χ2n) is 5.03. The molecule has 1 N–H and O–H groups in total. The molecule has 0 aromatic heterocycles. The molecule has 1 rings (SSSR count). The number of rotatable bonds is 8. The molecule has 0 heterocycles. The Bertz CT molecular complexity index is 414. The Morgan fingerprint density at radius 3 is 2.40 bits per heavy atom. The summed E-state index contributed by atoms with van der Waals surface area (Å²) in [6.07, 6.45) is 0.907. The molecule has 1 aromatic carbocycles. The minimum atomic E-state index is -0.394. The molecule has 112 valence electrons. The van der Waals surface area contributed by atoms with Crippen molar-refractivity contribution in [2.24, 2.45) is 0 Å². The lowest BCUT2D eigenvalue weighted by Gasteiger charge is -2.23. The van der Waals surface area contributed by atoms with Gasteiger partial charge in [-0.05, 0) is 44.5 Å². The molecule has 20 heavy (non-hydrogen) atoms. The molecule has 0 unspecified atom stereocenters. The number of hydrogen-bond donors (Lipinski definition) is 1. The minimum absolute atomic E-state index is 0.0781. The van der Waals surface area contributed by atoms with Crippen molar-refractivity contribution in [3.8, 4) is 5.75 Å². The van der Waals surface area contributed by atoms with E-state index in [1.807, 2.05) is 24.3 Å². The average Bonchev–Trinajstić information content (AvgIpc) is 2.46. The number of carbonyl (C=O) groups is 1. The Balaban J connectivity index is 2.37. The number of benzene rings is 1. The van der Waals surface area contributed by atoms with Crippen LogP contribution in [0.15, 0.2) is 24.3 Å². The van der Waals surface area contributed by atoms with Crippen molar-refractivity contribution in [2.75, 3.05) is 32.7 Å². The van der Waals surface area contributed by atoms with Gasteiger partial charge in [-0.25, -0.2) is 4.79 Å². The smallest absolute Gasteiger partial charge is 0.343 e. The molecule has 0 amide bonds. The molecule has 0 saturated carbocycles. The van der Waals surface area contributed by atoms with Gasteiger partial charge < -0.3 is 19.5 Å². The van der Waals surface area contributed by atoms with Gasteiger partial charge in [0.15, 0.2) is 6.61 Å². The summed E-state index contributed by atoms with van der Waals surface area (Å²) < 4.78 is 15.1. The third-order valence-corrected chi connectivity index (χ3v) is 3.05. The summed E-state index contributed by atoms with van der Waals surface area (Å²) >= 11 is 0. The van der Waals surface area contributed by atoms with Crippen molar-refractivity contribution >= 4 is 11.7 Å². The summed E-state index contributed by atoms with van der Waals surface area (Å²) in [5.74, 6) is 0.243. The first-order chi connectivity index (χ1) is 9.46. The zero-order valence-electron chi connectivity index (χ0n) is 12.6. The molecule has 1 aromatic rings. The number of hydrogen-bond acceptors (Lipinski definition) is 5. The molecule has 0 radical (unpaired) electrons. The van der Waals surface area contributed by atoms with Gasteiger partial charge in [-0.3, -0.25) is 0 Å². The Morgan fingerprint density at radius 1 is 1.20 bits per heavy atom. The van der Waals surface area contributed by atoms with Crippen LogP contribution < -0.4 is 10.1 Å². The van der Waals surface area contributed by atoms with Crippen LogP contribution in [0, 0.1) is 0 Å². The molecule has 0 aliphatic heterocycles. The Hall–Kier alpha value is -1.75. The molecule has 0 bridgehead atoms. The SMILES string of the molecule is COC(=O)COc1ccc(NCCC(C)(C)OC)cc1. The van der Waals surface area contributed by atoms with Crippen LogP contribution in [-0.2, 0) is 14.3 Å². The van der Waals surface area contributed by atoms with E-state index in [1.165, 1.54) is 7.11 Å². The maximum atomic E-state index is 10.9. The number of anilines is 1. The first-order valence-electron chi connectivity index (χ1n) is 6.55. The summed E-state index contributed by atoms with van der Waals surface area (Å²) in [5.41, 5.74) is 0.874. The van der Waals surface area contributed by atoms with Gasteiger partial charge in [0.1, 0.15) is 5.75 Å².